The summed E-state index contributed by atoms with van der Waals surface area (Å²) in [6.07, 6.45) is 0. The molecule has 0 heterocycles. The number of para-hydroxylation sites is 1. The van der Waals surface area contributed by atoms with E-state index < -0.39 is 0 Å². The van der Waals surface area contributed by atoms with Crippen LogP contribution in [0.15, 0.2) is 48.5 Å². The van der Waals surface area contributed by atoms with Gasteiger partial charge in [0.1, 0.15) is 17.9 Å². The van der Waals surface area contributed by atoms with Gasteiger partial charge in [0, 0.05) is 0 Å². The lowest BCUT2D eigenvalue weighted by Gasteiger charge is -2.13. The van der Waals surface area contributed by atoms with Crippen molar-refractivity contribution in [2.24, 2.45) is 5.92 Å². The number of rotatable bonds is 6. The first-order valence-electron chi connectivity index (χ1n) is 7.51. The average molecular weight is 298 g/mol. The van der Waals surface area contributed by atoms with Crippen molar-refractivity contribution >= 4 is 5.97 Å². The van der Waals surface area contributed by atoms with E-state index in [2.05, 4.69) is 0 Å². The number of benzene rings is 2. The Morgan fingerprint density at radius 1 is 1.05 bits per heavy atom. The number of carbonyl (C=O) groups excluding carboxylic acids is 1. The highest BCUT2D eigenvalue weighted by Crippen LogP contribution is 2.21. The lowest BCUT2D eigenvalue weighted by molar-refractivity contribution is 0.0454. The van der Waals surface area contributed by atoms with E-state index in [0.29, 0.717) is 30.4 Å². The summed E-state index contributed by atoms with van der Waals surface area (Å²) >= 11 is 0. The standard InChI is InChI=1S/C19H22O3/c1-14(2)12-22-19(20)17-10-6-7-11-18(17)21-13-16-9-5-4-8-15(16)3/h4-11,14H,12-13H2,1-3H3. The van der Waals surface area contributed by atoms with E-state index in [1.165, 1.54) is 5.56 Å². The Morgan fingerprint density at radius 3 is 2.45 bits per heavy atom. The van der Waals surface area contributed by atoms with Gasteiger partial charge < -0.3 is 9.47 Å². The summed E-state index contributed by atoms with van der Waals surface area (Å²) in [5.74, 6) is 0.526. The van der Waals surface area contributed by atoms with Crippen LogP contribution in [0.4, 0.5) is 0 Å². The van der Waals surface area contributed by atoms with Crippen molar-refractivity contribution in [3.63, 3.8) is 0 Å². The van der Waals surface area contributed by atoms with E-state index in [1.54, 1.807) is 12.1 Å². The van der Waals surface area contributed by atoms with Crippen molar-refractivity contribution in [2.45, 2.75) is 27.4 Å². The number of esters is 1. The van der Waals surface area contributed by atoms with Gasteiger partial charge in [-0.05, 0) is 36.1 Å². The van der Waals surface area contributed by atoms with E-state index in [-0.39, 0.29) is 5.97 Å². The highest BCUT2D eigenvalue weighted by molar-refractivity contribution is 5.92. The molecule has 0 N–H and O–H groups in total. The molecule has 2 aromatic carbocycles. The summed E-state index contributed by atoms with van der Waals surface area (Å²) < 4.78 is 11.1. The molecule has 0 atom stereocenters. The van der Waals surface area contributed by atoms with Crippen molar-refractivity contribution in [1.82, 2.24) is 0 Å². The molecule has 0 aliphatic heterocycles. The number of ether oxygens (including phenoxy) is 2. The zero-order chi connectivity index (χ0) is 15.9. The van der Waals surface area contributed by atoms with Gasteiger partial charge >= 0.3 is 5.97 Å². The molecular formula is C19H22O3. The van der Waals surface area contributed by atoms with Crippen molar-refractivity contribution < 1.29 is 14.3 Å². The first-order valence-corrected chi connectivity index (χ1v) is 7.51. The van der Waals surface area contributed by atoms with E-state index in [4.69, 9.17) is 9.47 Å². The second-order valence-corrected chi connectivity index (χ2v) is 5.70. The summed E-state index contributed by atoms with van der Waals surface area (Å²) in [4.78, 5) is 12.1. The van der Waals surface area contributed by atoms with Crippen molar-refractivity contribution in [1.29, 1.82) is 0 Å². The van der Waals surface area contributed by atoms with Crippen LogP contribution in [0.5, 0.6) is 5.75 Å². The van der Waals surface area contributed by atoms with Gasteiger partial charge in [-0.3, -0.25) is 0 Å². The van der Waals surface area contributed by atoms with E-state index >= 15 is 0 Å². The molecule has 0 bridgehead atoms. The van der Waals surface area contributed by atoms with Crippen molar-refractivity contribution in [2.75, 3.05) is 6.61 Å². The van der Waals surface area contributed by atoms with Crippen LogP contribution in [0.25, 0.3) is 0 Å². The third kappa shape index (κ3) is 4.35. The van der Waals surface area contributed by atoms with Gasteiger partial charge in [-0.2, -0.15) is 0 Å². The molecule has 2 aromatic rings. The minimum Gasteiger partial charge on any atom is -0.488 e. The van der Waals surface area contributed by atoms with Crippen molar-refractivity contribution in [3.05, 3.63) is 65.2 Å². The molecule has 0 spiro atoms. The monoisotopic (exact) mass is 298 g/mol. The summed E-state index contributed by atoms with van der Waals surface area (Å²) in [7, 11) is 0. The molecule has 2 rings (SSSR count). The average Bonchev–Trinajstić information content (AvgIpc) is 2.52. The lowest BCUT2D eigenvalue weighted by Crippen LogP contribution is -2.12. The van der Waals surface area contributed by atoms with E-state index in [9.17, 15) is 4.79 Å². The first kappa shape index (κ1) is 16.1. The van der Waals surface area contributed by atoms with Crippen LogP contribution < -0.4 is 4.74 Å². The van der Waals surface area contributed by atoms with Crippen LogP contribution in [0, 0.1) is 12.8 Å². The van der Waals surface area contributed by atoms with Crippen LogP contribution >= 0.6 is 0 Å². The number of hydrogen-bond acceptors (Lipinski definition) is 3. The molecule has 0 unspecified atom stereocenters. The molecule has 3 heteroatoms. The second kappa shape index (κ2) is 7.64. The molecule has 0 aliphatic carbocycles. The van der Waals surface area contributed by atoms with Gasteiger partial charge in [-0.1, -0.05) is 50.2 Å². The predicted octanol–water partition coefficient (Wildman–Crippen LogP) is 4.39. The molecule has 0 radical (unpaired) electrons. The minimum atomic E-state index is -0.339. The molecule has 0 aliphatic rings. The number of carbonyl (C=O) groups is 1. The Bertz CT molecular complexity index is 632. The molecule has 3 nitrogen and oxygen atoms in total. The van der Waals surface area contributed by atoms with Crippen LogP contribution in [0.2, 0.25) is 0 Å². The van der Waals surface area contributed by atoms with Gasteiger partial charge in [0.05, 0.1) is 6.61 Å². The Hall–Kier alpha value is -2.29. The molecule has 0 saturated carbocycles. The Balaban J connectivity index is 2.08. The topological polar surface area (TPSA) is 35.5 Å². The lowest BCUT2D eigenvalue weighted by atomic mass is 10.1. The first-order chi connectivity index (χ1) is 10.6. The Labute approximate surface area is 131 Å². The third-order valence-corrected chi connectivity index (χ3v) is 3.30. The fourth-order valence-corrected chi connectivity index (χ4v) is 2.01. The Kier molecular flexibility index (Phi) is 5.59. The predicted molar refractivity (Wildman–Crippen MR) is 87.1 cm³/mol. The van der Waals surface area contributed by atoms with E-state index in [1.807, 2.05) is 57.2 Å². The summed E-state index contributed by atoms with van der Waals surface area (Å²) in [6.45, 7) is 6.90. The molecule has 22 heavy (non-hydrogen) atoms. The van der Waals surface area contributed by atoms with Gasteiger partial charge in [0.2, 0.25) is 0 Å². The van der Waals surface area contributed by atoms with Crippen LogP contribution in [-0.4, -0.2) is 12.6 Å². The second-order valence-electron chi connectivity index (χ2n) is 5.70. The third-order valence-electron chi connectivity index (χ3n) is 3.30. The molecule has 116 valence electrons. The molecule has 0 amide bonds. The zero-order valence-corrected chi connectivity index (χ0v) is 13.3. The van der Waals surface area contributed by atoms with Gasteiger partial charge in [0.25, 0.3) is 0 Å². The maximum absolute atomic E-state index is 12.1. The minimum absolute atomic E-state index is 0.309. The molecule has 0 fully saturated rings. The molecule has 0 aromatic heterocycles. The number of aryl methyl sites for hydroxylation is 1. The van der Waals surface area contributed by atoms with Crippen LogP contribution in [0.1, 0.15) is 35.3 Å². The molecular weight excluding hydrogens is 276 g/mol. The summed E-state index contributed by atoms with van der Waals surface area (Å²) in [5, 5.41) is 0. The summed E-state index contributed by atoms with van der Waals surface area (Å²) in [5.41, 5.74) is 2.74. The highest BCUT2D eigenvalue weighted by atomic mass is 16.5. The van der Waals surface area contributed by atoms with Gasteiger partial charge in [0.15, 0.2) is 0 Å². The molecule has 0 saturated heterocycles. The largest absolute Gasteiger partial charge is 0.488 e. The van der Waals surface area contributed by atoms with E-state index in [0.717, 1.165) is 5.56 Å². The fourth-order valence-electron chi connectivity index (χ4n) is 2.01. The highest BCUT2D eigenvalue weighted by Gasteiger charge is 2.14. The maximum atomic E-state index is 12.1. The SMILES string of the molecule is Cc1ccccc1COc1ccccc1C(=O)OCC(C)C. The fraction of sp³-hybridized carbons (Fsp3) is 0.316. The smallest absolute Gasteiger partial charge is 0.341 e. The normalized spacial score (nSPS) is 10.5. The van der Waals surface area contributed by atoms with Gasteiger partial charge in [-0.25, -0.2) is 4.79 Å². The van der Waals surface area contributed by atoms with Gasteiger partial charge in [-0.15, -0.1) is 0 Å². The van der Waals surface area contributed by atoms with Crippen LogP contribution in [0.3, 0.4) is 0 Å². The van der Waals surface area contributed by atoms with Crippen molar-refractivity contribution in [3.8, 4) is 5.75 Å². The van der Waals surface area contributed by atoms with Crippen LogP contribution in [-0.2, 0) is 11.3 Å². The quantitative estimate of drug-likeness (QED) is 0.742. The number of hydrogen-bond donors (Lipinski definition) is 0. The maximum Gasteiger partial charge on any atom is 0.341 e. The summed E-state index contributed by atoms with van der Waals surface area (Å²) in [6, 6.07) is 15.2. The zero-order valence-electron chi connectivity index (χ0n) is 13.3. The Morgan fingerprint density at radius 2 is 1.73 bits per heavy atom.